The summed E-state index contributed by atoms with van der Waals surface area (Å²) in [7, 11) is 0. The largest absolute Gasteiger partial charge is 0.488 e. The molecule has 0 unspecified atom stereocenters. The second-order valence-electron chi connectivity index (χ2n) is 2.34. The Morgan fingerprint density at radius 2 is 2.31 bits per heavy atom. The first-order valence-electron chi connectivity index (χ1n) is 4.15. The van der Waals surface area contributed by atoms with Crippen molar-refractivity contribution >= 4 is 15.9 Å². The molecule has 1 rings (SSSR count). The van der Waals surface area contributed by atoms with Crippen molar-refractivity contribution in [2.24, 2.45) is 0 Å². The molecule has 13 heavy (non-hydrogen) atoms. The SMILES string of the molecule is CCOCCOc1cccnc1Br. The number of nitrogens with zero attached hydrogens (tertiary/aromatic N) is 1. The predicted molar refractivity (Wildman–Crippen MR) is 53.9 cm³/mol. The second-order valence-corrected chi connectivity index (χ2v) is 3.09. The Morgan fingerprint density at radius 3 is 3.00 bits per heavy atom. The van der Waals surface area contributed by atoms with E-state index in [1.54, 1.807) is 6.20 Å². The van der Waals surface area contributed by atoms with E-state index < -0.39 is 0 Å². The van der Waals surface area contributed by atoms with Crippen LogP contribution in [0.5, 0.6) is 5.75 Å². The molecule has 4 heteroatoms. The van der Waals surface area contributed by atoms with Crippen molar-refractivity contribution in [1.82, 2.24) is 4.98 Å². The zero-order valence-electron chi connectivity index (χ0n) is 7.50. The average Bonchev–Trinajstić information content (AvgIpc) is 2.15. The molecule has 0 bridgehead atoms. The van der Waals surface area contributed by atoms with Crippen molar-refractivity contribution in [3.8, 4) is 5.75 Å². The monoisotopic (exact) mass is 245 g/mol. The summed E-state index contributed by atoms with van der Waals surface area (Å²) in [6, 6.07) is 3.70. The van der Waals surface area contributed by atoms with Gasteiger partial charge < -0.3 is 9.47 Å². The van der Waals surface area contributed by atoms with E-state index in [1.807, 2.05) is 19.1 Å². The van der Waals surface area contributed by atoms with Crippen LogP contribution < -0.4 is 4.74 Å². The molecule has 0 fully saturated rings. The van der Waals surface area contributed by atoms with E-state index in [0.717, 1.165) is 17.0 Å². The zero-order valence-corrected chi connectivity index (χ0v) is 9.08. The predicted octanol–water partition coefficient (Wildman–Crippen LogP) is 2.26. The summed E-state index contributed by atoms with van der Waals surface area (Å²) in [4.78, 5) is 4.03. The van der Waals surface area contributed by atoms with Gasteiger partial charge in [0.1, 0.15) is 11.2 Å². The Hall–Kier alpha value is -0.610. The Morgan fingerprint density at radius 1 is 1.46 bits per heavy atom. The normalized spacial score (nSPS) is 10.0. The molecule has 0 radical (unpaired) electrons. The quantitative estimate of drug-likeness (QED) is 0.589. The summed E-state index contributed by atoms with van der Waals surface area (Å²) >= 11 is 3.29. The molecule has 0 amide bonds. The van der Waals surface area contributed by atoms with E-state index in [0.29, 0.717) is 13.2 Å². The van der Waals surface area contributed by atoms with Crippen molar-refractivity contribution in [2.75, 3.05) is 19.8 Å². The Bertz CT molecular complexity index is 255. The van der Waals surface area contributed by atoms with E-state index in [1.165, 1.54) is 0 Å². The fourth-order valence-electron chi connectivity index (χ4n) is 0.834. The lowest BCUT2D eigenvalue weighted by Crippen LogP contribution is -2.06. The van der Waals surface area contributed by atoms with Gasteiger partial charge in [-0.05, 0) is 35.0 Å². The van der Waals surface area contributed by atoms with Gasteiger partial charge in [-0.3, -0.25) is 0 Å². The zero-order chi connectivity index (χ0) is 9.52. The van der Waals surface area contributed by atoms with Crippen LogP contribution in [0, 0.1) is 0 Å². The number of rotatable bonds is 5. The molecule has 0 saturated heterocycles. The van der Waals surface area contributed by atoms with E-state index in [4.69, 9.17) is 9.47 Å². The van der Waals surface area contributed by atoms with Crippen LogP contribution in [0.25, 0.3) is 0 Å². The van der Waals surface area contributed by atoms with E-state index >= 15 is 0 Å². The van der Waals surface area contributed by atoms with Crippen LogP contribution in [-0.4, -0.2) is 24.8 Å². The standard InChI is InChI=1S/C9H12BrNO2/c1-2-12-6-7-13-8-4-3-5-11-9(8)10/h3-5H,2,6-7H2,1H3. The molecule has 1 aromatic rings. The van der Waals surface area contributed by atoms with Gasteiger partial charge in [0.25, 0.3) is 0 Å². The molecule has 1 aromatic heterocycles. The molecular formula is C9H12BrNO2. The summed E-state index contributed by atoms with van der Waals surface area (Å²) in [6.07, 6.45) is 1.71. The number of halogens is 1. The Balaban J connectivity index is 2.32. The van der Waals surface area contributed by atoms with Gasteiger partial charge in [0.15, 0.2) is 5.75 Å². The van der Waals surface area contributed by atoms with Crippen LogP contribution in [0.2, 0.25) is 0 Å². The highest BCUT2D eigenvalue weighted by atomic mass is 79.9. The number of hydrogen-bond acceptors (Lipinski definition) is 3. The second kappa shape index (κ2) is 5.94. The average molecular weight is 246 g/mol. The summed E-state index contributed by atoms with van der Waals surface area (Å²) in [5.74, 6) is 0.752. The molecule has 0 N–H and O–H groups in total. The fraction of sp³-hybridized carbons (Fsp3) is 0.444. The van der Waals surface area contributed by atoms with Gasteiger partial charge in [-0.15, -0.1) is 0 Å². The highest BCUT2D eigenvalue weighted by molar-refractivity contribution is 9.10. The van der Waals surface area contributed by atoms with Gasteiger partial charge in [-0.25, -0.2) is 4.98 Å². The third-order valence-electron chi connectivity index (χ3n) is 1.41. The highest BCUT2D eigenvalue weighted by Crippen LogP contribution is 2.20. The topological polar surface area (TPSA) is 31.4 Å². The van der Waals surface area contributed by atoms with Crippen LogP contribution in [0.3, 0.4) is 0 Å². The number of pyridine rings is 1. The molecule has 0 spiro atoms. The third-order valence-corrected chi connectivity index (χ3v) is 2.01. The first-order chi connectivity index (χ1) is 6.34. The molecule has 0 atom stereocenters. The fourth-order valence-corrected chi connectivity index (χ4v) is 1.20. The van der Waals surface area contributed by atoms with Crippen molar-refractivity contribution < 1.29 is 9.47 Å². The minimum Gasteiger partial charge on any atom is -0.488 e. The van der Waals surface area contributed by atoms with Gasteiger partial charge in [-0.2, -0.15) is 0 Å². The first-order valence-corrected chi connectivity index (χ1v) is 4.95. The lowest BCUT2D eigenvalue weighted by Gasteiger charge is -2.06. The number of ether oxygens (including phenoxy) is 2. The van der Waals surface area contributed by atoms with Crippen molar-refractivity contribution in [3.63, 3.8) is 0 Å². The van der Waals surface area contributed by atoms with Gasteiger partial charge in [-0.1, -0.05) is 0 Å². The molecule has 1 heterocycles. The van der Waals surface area contributed by atoms with E-state index in [-0.39, 0.29) is 0 Å². The van der Waals surface area contributed by atoms with Crippen molar-refractivity contribution in [2.45, 2.75) is 6.92 Å². The maximum atomic E-state index is 5.40. The molecule has 0 aliphatic rings. The Kier molecular flexibility index (Phi) is 4.78. The third kappa shape index (κ3) is 3.74. The molecule has 0 aromatic carbocycles. The van der Waals surface area contributed by atoms with Gasteiger partial charge in [0.2, 0.25) is 0 Å². The minimum atomic E-state index is 0.554. The maximum absolute atomic E-state index is 5.40. The molecule has 0 saturated carbocycles. The first kappa shape index (κ1) is 10.5. The van der Waals surface area contributed by atoms with Crippen LogP contribution in [0.1, 0.15) is 6.92 Å². The van der Waals surface area contributed by atoms with Crippen LogP contribution in [-0.2, 0) is 4.74 Å². The molecular weight excluding hydrogens is 234 g/mol. The van der Waals surface area contributed by atoms with Gasteiger partial charge in [0, 0.05) is 12.8 Å². The minimum absolute atomic E-state index is 0.554. The summed E-state index contributed by atoms with van der Waals surface area (Å²) in [6.45, 7) is 3.84. The highest BCUT2D eigenvalue weighted by Gasteiger charge is 1.99. The lowest BCUT2D eigenvalue weighted by molar-refractivity contribution is 0.110. The maximum Gasteiger partial charge on any atom is 0.152 e. The summed E-state index contributed by atoms with van der Waals surface area (Å²) in [5, 5.41) is 0. The van der Waals surface area contributed by atoms with Gasteiger partial charge in [0.05, 0.1) is 6.61 Å². The molecule has 0 aliphatic carbocycles. The van der Waals surface area contributed by atoms with E-state index in [9.17, 15) is 0 Å². The molecule has 72 valence electrons. The smallest absolute Gasteiger partial charge is 0.152 e. The summed E-state index contributed by atoms with van der Waals surface area (Å²) < 4.78 is 11.3. The number of hydrogen-bond donors (Lipinski definition) is 0. The van der Waals surface area contributed by atoms with Gasteiger partial charge >= 0.3 is 0 Å². The van der Waals surface area contributed by atoms with Crippen LogP contribution in [0.15, 0.2) is 22.9 Å². The van der Waals surface area contributed by atoms with Crippen molar-refractivity contribution in [1.29, 1.82) is 0 Å². The van der Waals surface area contributed by atoms with Crippen LogP contribution in [0.4, 0.5) is 0 Å². The van der Waals surface area contributed by atoms with E-state index in [2.05, 4.69) is 20.9 Å². The molecule has 0 aliphatic heterocycles. The Labute approximate surface area is 86.2 Å². The number of aromatic nitrogens is 1. The summed E-state index contributed by atoms with van der Waals surface area (Å²) in [5.41, 5.74) is 0. The molecule has 3 nitrogen and oxygen atoms in total. The van der Waals surface area contributed by atoms with Crippen LogP contribution >= 0.6 is 15.9 Å². The van der Waals surface area contributed by atoms with Crippen molar-refractivity contribution in [3.05, 3.63) is 22.9 Å². The lowest BCUT2D eigenvalue weighted by atomic mass is 10.5.